The summed E-state index contributed by atoms with van der Waals surface area (Å²) in [5, 5.41) is 3.46. The number of hydrogen-bond acceptors (Lipinski definition) is 4. The molecule has 1 aromatic carbocycles. The second-order valence-corrected chi connectivity index (χ2v) is 4.41. The number of nitrogens with one attached hydrogen (secondary N) is 1. The van der Waals surface area contributed by atoms with Gasteiger partial charge in [0.25, 0.3) is 0 Å². The molecule has 94 valence electrons. The molecule has 3 N–H and O–H groups in total. The molecule has 0 radical (unpaired) electrons. The van der Waals surface area contributed by atoms with E-state index in [4.69, 9.17) is 15.2 Å². The number of benzene rings is 1. The number of nitrogens with two attached hydrogens (primary N) is 1. The Morgan fingerprint density at radius 1 is 1.24 bits per heavy atom. The van der Waals surface area contributed by atoms with E-state index in [-0.39, 0.29) is 6.04 Å². The van der Waals surface area contributed by atoms with E-state index in [1.54, 1.807) is 14.2 Å². The molecular formula is C13H20N2O2. The fourth-order valence-corrected chi connectivity index (χ4v) is 2.29. The summed E-state index contributed by atoms with van der Waals surface area (Å²) < 4.78 is 10.5. The van der Waals surface area contributed by atoms with Crippen molar-refractivity contribution >= 4 is 5.69 Å². The second-order valence-electron chi connectivity index (χ2n) is 4.41. The monoisotopic (exact) mass is 236 g/mol. The normalized spacial score (nSPS) is 23.5. The zero-order chi connectivity index (χ0) is 12.3. The minimum atomic E-state index is 0.238. The van der Waals surface area contributed by atoms with E-state index < -0.39 is 0 Å². The van der Waals surface area contributed by atoms with Crippen molar-refractivity contribution < 1.29 is 9.47 Å². The first-order valence-electron chi connectivity index (χ1n) is 5.98. The van der Waals surface area contributed by atoms with Crippen LogP contribution in [0, 0.1) is 0 Å². The lowest BCUT2D eigenvalue weighted by molar-refractivity contribution is 0.395. The quantitative estimate of drug-likeness (QED) is 0.839. The van der Waals surface area contributed by atoms with Gasteiger partial charge in [0.15, 0.2) is 0 Å². The molecule has 0 unspecified atom stereocenters. The Labute approximate surface area is 102 Å². The first-order valence-corrected chi connectivity index (χ1v) is 5.98. The molecule has 1 aliphatic rings. The molecule has 1 aromatic rings. The number of anilines is 1. The van der Waals surface area contributed by atoms with Crippen LogP contribution in [0.1, 0.15) is 19.3 Å². The van der Waals surface area contributed by atoms with Crippen LogP contribution >= 0.6 is 0 Å². The van der Waals surface area contributed by atoms with Crippen LogP contribution < -0.4 is 20.5 Å². The molecule has 2 rings (SSSR count). The van der Waals surface area contributed by atoms with Crippen molar-refractivity contribution in [2.24, 2.45) is 5.73 Å². The molecule has 0 heterocycles. The van der Waals surface area contributed by atoms with E-state index in [1.165, 1.54) is 6.42 Å². The van der Waals surface area contributed by atoms with E-state index in [9.17, 15) is 0 Å². The zero-order valence-corrected chi connectivity index (χ0v) is 10.4. The fraction of sp³-hybridized carbons (Fsp3) is 0.538. The third-order valence-electron chi connectivity index (χ3n) is 3.32. The van der Waals surface area contributed by atoms with Gasteiger partial charge in [-0.25, -0.2) is 0 Å². The number of hydrogen-bond donors (Lipinski definition) is 2. The van der Waals surface area contributed by atoms with E-state index in [0.717, 1.165) is 30.0 Å². The summed E-state index contributed by atoms with van der Waals surface area (Å²) in [6, 6.07) is 6.36. The Balaban J connectivity index is 2.14. The summed E-state index contributed by atoms with van der Waals surface area (Å²) in [5.74, 6) is 1.59. The molecule has 0 aromatic heterocycles. The van der Waals surface area contributed by atoms with Gasteiger partial charge in [0.05, 0.1) is 19.9 Å². The lowest BCUT2D eigenvalue weighted by Crippen LogP contribution is -2.35. The van der Waals surface area contributed by atoms with Crippen molar-refractivity contribution in [3.8, 4) is 11.5 Å². The largest absolute Gasteiger partial charge is 0.497 e. The number of rotatable bonds is 4. The van der Waals surface area contributed by atoms with Crippen molar-refractivity contribution in [3.63, 3.8) is 0 Å². The van der Waals surface area contributed by atoms with Crippen molar-refractivity contribution in [1.82, 2.24) is 0 Å². The van der Waals surface area contributed by atoms with E-state index in [0.29, 0.717) is 6.04 Å². The highest BCUT2D eigenvalue weighted by atomic mass is 16.5. The van der Waals surface area contributed by atoms with Crippen molar-refractivity contribution in [3.05, 3.63) is 18.2 Å². The van der Waals surface area contributed by atoms with Gasteiger partial charge in [-0.1, -0.05) is 0 Å². The maximum Gasteiger partial charge on any atom is 0.145 e. The molecule has 0 saturated heterocycles. The average Bonchev–Trinajstić information content (AvgIpc) is 2.75. The Morgan fingerprint density at radius 2 is 2.06 bits per heavy atom. The van der Waals surface area contributed by atoms with Gasteiger partial charge in [-0.3, -0.25) is 0 Å². The molecular weight excluding hydrogens is 216 g/mol. The minimum absolute atomic E-state index is 0.238. The summed E-state index contributed by atoms with van der Waals surface area (Å²) in [4.78, 5) is 0. The maximum absolute atomic E-state index is 6.05. The summed E-state index contributed by atoms with van der Waals surface area (Å²) >= 11 is 0. The molecule has 1 fully saturated rings. The Bertz CT molecular complexity index is 382. The fourth-order valence-electron chi connectivity index (χ4n) is 2.29. The molecule has 2 atom stereocenters. The van der Waals surface area contributed by atoms with Crippen LogP contribution in [0.4, 0.5) is 5.69 Å². The third-order valence-corrected chi connectivity index (χ3v) is 3.32. The topological polar surface area (TPSA) is 56.5 Å². The molecule has 17 heavy (non-hydrogen) atoms. The minimum Gasteiger partial charge on any atom is -0.497 e. The molecule has 1 aliphatic carbocycles. The van der Waals surface area contributed by atoms with E-state index in [2.05, 4.69) is 5.32 Å². The standard InChI is InChI=1S/C13H20N2O2/c1-16-9-6-7-12(13(8-9)17-2)15-11-5-3-4-10(11)14/h6-8,10-11,15H,3-5,14H2,1-2H3/t10-,11-/m1/s1. The first-order chi connectivity index (χ1) is 8.24. The molecule has 0 amide bonds. The van der Waals surface area contributed by atoms with E-state index in [1.807, 2.05) is 18.2 Å². The van der Waals surface area contributed by atoms with Gasteiger partial charge in [0.2, 0.25) is 0 Å². The van der Waals surface area contributed by atoms with Gasteiger partial charge < -0.3 is 20.5 Å². The molecule has 0 bridgehead atoms. The average molecular weight is 236 g/mol. The van der Waals surface area contributed by atoms with Crippen molar-refractivity contribution in [1.29, 1.82) is 0 Å². The highest BCUT2D eigenvalue weighted by molar-refractivity contribution is 5.59. The zero-order valence-electron chi connectivity index (χ0n) is 10.4. The van der Waals surface area contributed by atoms with Gasteiger partial charge in [-0.15, -0.1) is 0 Å². The van der Waals surface area contributed by atoms with Gasteiger partial charge in [0.1, 0.15) is 11.5 Å². The van der Waals surface area contributed by atoms with Crippen molar-refractivity contribution in [2.45, 2.75) is 31.3 Å². The Hall–Kier alpha value is -1.42. The van der Waals surface area contributed by atoms with Crippen LogP contribution in [0.2, 0.25) is 0 Å². The van der Waals surface area contributed by atoms with Crippen LogP contribution in [0.15, 0.2) is 18.2 Å². The third kappa shape index (κ3) is 2.64. The van der Waals surface area contributed by atoms with Crippen LogP contribution in [0.5, 0.6) is 11.5 Å². The molecule has 4 heteroatoms. The lowest BCUT2D eigenvalue weighted by atomic mass is 10.1. The summed E-state index contributed by atoms with van der Waals surface area (Å²) in [6.07, 6.45) is 3.41. The van der Waals surface area contributed by atoms with Gasteiger partial charge in [-0.05, 0) is 31.4 Å². The molecule has 0 aliphatic heterocycles. The van der Waals surface area contributed by atoms with Crippen LogP contribution in [-0.4, -0.2) is 26.3 Å². The molecule has 1 saturated carbocycles. The van der Waals surface area contributed by atoms with Gasteiger partial charge in [-0.2, -0.15) is 0 Å². The number of methoxy groups -OCH3 is 2. The predicted molar refractivity (Wildman–Crippen MR) is 68.8 cm³/mol. The molecule has 4 nitrogen and oxygen atoms in total. The van der Waals surface area contributed by atoms with Crippen LogP contribution in [0.3, 0.4) is 0 Å². The second kappa shape index (κ2) is 5.27. The Morgan fingerprint density at radius 3 is 2.65 bits per heavy atom. The van der Waals surface area contributed by atoms with Gasteiger partial charge >= 0.3 is 0 Å². The van der Waals surface area contributed by atoms with Crippen LogP contribution in [0.25, 0.3) is 0 Å². The summed E-state index contributed by atoms with van der Waals surface area (Å²) in [6.45, 7) is 0. The SMILES string of the molecule is COc1ccc(N[C@@H]2CCC[C@H]2N)c(OC)c1. The smallest absolute Gasteiger partial charge is 0.145 e. The summed E-state index contributed by atoms with van der Waals surface area (Å²) in [5.41, 5.74) is 7.03. The maximum atomic E-state index is 6.05. The van der Waals surface area contributed by atoms with Crippen molar-refractivity contribution in [2.75, 3.05) is 19.5 Å². The van der Waals surface area contributed by atoms with E-state index >= 15 is 0 Å². The Kier molecular flexibility index (Phi) is 3.74. The predicted octanol–water partition coefficient (Wildman–Crippen LogP) is 2.00. The summed E-state index contributed by atoms with van der Waals surface area (Å²) in [7, 11) is 3.31. The highest BCUT2D eigenvalue weighted by Gasteiger charge is 2.24. The molecule has 0 spiro atoms. The lowest BCUT2D eigenvalue weighted by Gasteiger charge is -2.20. The first kappa shape index (κ1) is 12.0. The number of ether oxygens (including phenoxy) is 2. The highest BCUT2D eigenvalue weighted by Crippen LogP contribution is 2.31. The van der Waals surface area contributed by atoms with Crippen LogP contribution in [-0.2, 0) is 0 Å². The van der Waals surface area contributed by atoms with Gasteiger partial charge in [0, 0.05) is 18.2 Å².